The molecule has 21 heavy (non-hydrogen) atoms. The smallest absolute Gasteiger partial charge is 0.265 e. The second kappa shape index (κ2) is 7.35. The minimum absolute atomic E-state index is 0.258. The van der Waals surface area contributed by atoms with E-state index in [4.69, 9.17) is 10.6 Å². The van der Waals surface area contributed by atoms with Crippen molar-refractivity contribution in [2.45, 2.75) is 39.0 Å². The Hall–Kier alpha value is -0.950. The van der Waals surface area contributed by atoms with Crippen LogP contribution in [0.5, 0.6) is 0 Å². The molecule has 1 aromatic rings. The topological polar surface area (TPSA) is 67.6 Å². The molecule has 3 N–H and O–H groups in total. The van der Waals surface area contributed by atoms with E-state index in [-0.39, 0.29) is 12.0 Å². The molecule has 2 unspecified atom stereocenters. The summed E-state index contributed by atoms with van der Waals surface area (Å²) in [6, 6.07) is 6.02. The Balaban J connectivity index is 2.13. The van der Waals surface area contributed by atoms with Crippen molar-refractivity contribution in [3.05, 3.63) is 33.8 Å². The number of hydrazine groups is 1. The second-order valence-corrected chi connectivity index (χ2v) is 6.27. The van der Waals surface area contributed by atoms with Crippen molar-refractivity contribution in [1.29, 1.82) is 0 Å². The number of amides is 1. The Bertz CT molecular complexity index is 510. The Morgan fingerprint density at radius 1 is 1.57 bits per heavy atom. The van der Waals surface area contributed by atoms with Crippen molar-refractivity contribution in [2.75, 3.05) is 13.2 Å². The van der Waals surface area contributed by atoms with E-state index in [1.165, 1.54) is 0 Å². The average molecular weight is 356 g/mol. The molecule has 1 saturated heterocycles. The molecular weight excluding hydrogens is 334 g/mol. The SMILES string of the molecule is CCC1COC(C)CN1Cc1ccc(C(=O)NN)cc1Br. The molecule has 0 saturated carbocycles. The number of ether oxygens (including phenoxy) is 1. The van der Waals surface area contributed by atoms with Crippen molar-refractivity contribution < 1.29 is 9.53 Å². The Morgan fingerprint density at radius 2 is 2.33 bits per heavy atom. The molecule has 1 aliphatic rings. The van der Waals surface area contributed by atoms with Crippen LogP contribution in [0.3, 0.4) is 0 Å². The van der Waals surface area contributed by atoms with E-state index in [2.05, 4.69) is 40.1 Å². The van der Waals surface area contributed by atoms with Gasteiger partial charge < -0.3 is 4.74 Å². The third-order valence-electron chi connectivity index (χ3n) is 3.87. The minimum atomic E-state index is -0.284. The predicted octanol–water partition coefficient (Wildman–Crippen LogP) is 2.05. The summed E-state index contributed by atoms with van der Waals surface area (Å²) < 4.78 is 6.65. The number of morpholine rings is 1. The summed E-state index contributed by atoms with van der Waals surface area (Å²) in [4.78, 5) is 14.0. The highest BCUT2D eigenvalue weighted by molar-refractivity contribution is 9.10. The van der Waals surface area contributed by atoms with Crippen LogP contribution in [-0.4, -0.2) is 36.1 Å². The van der Waals surface area contributed by atoms with Gasteiger partial charge in [-0.2, -0.15) is 0 Å². The number of benzene rings is 1. The summed E-state index contributed by atoms with van der Waals surface area (Å²) >= 11 is 3.55. The highest BCUT2D eigenvalue weighted by atomic mass is 79.9. The number of nitrogen functional groups attached to an aromatic ring is 1. The zero-order chi connectivity index (χ0) is 15.4. The lowest BCUT2D eigenvalue weighted by Crippen LogP contribution is -2.47. The van der Waals surface area contributed by atoms with E-state index in [0.717, 1.165) is 36.2 Å². The van der Waals surface area contributed by atoms with Crippen LogP contribution in [0.15, 0.2) is 22.7 Å². The maximum atomic E-state index is 11.5. The molecule has 0 aliphatic carbocycles. The molecule has 0 aromatic heterocycles. The Kier molecular flexibility index (Phi) is 5.75. The molecule has 0 bridgehead atoms. The van der Waals surface area contributed by atoms with E-state index < -0.39 is 0 Å². The highest BCUT2D eigenvalue weighted by Crippen LogP contribution is 2.24. The summed E-state index contributed by atoms with van der Waals surface area (Å²) in [5.74, 6) is 4.87. The summed E-state index contributed by atoms with van der Waals surface area (Å²) in [7, 11) is 0. The van der Waals surface area contributed by atoms with Gasteiger partial charge in [-0.1, -0.05) is 28.9 Å². The number of nitrogens with zero attached hydrogens (tertiary/aromatic N) is 1. The van der Waals surface area contributed by atoms with Gasteiger partial charge in [0.2, 0.25) is 0 Å². The van der Waals surface area contributed by atoms with Gasteiger partial charge in [0, 0.05) is 29.2 Å². The molecule has 2 rings (SSSR count). The lowest BCUT2D eigenvalue weighted by Gasteiger charge is -2.38. The normalized spacial score (nSPS) is 23.0. The lowest BCUT2D eigenvalue weighted by atomic mass is 10.1. The molecule has 6 heteroatoms. The minimum Gasteiger partial charge on any atom is -0.376 e. The van der Waals surface area contributed by atoms with E-state index in [1.54, 1.807) is 6.07 Å². The first-order valence-corrected chi connectivity index (χ1v) is 7.99. The van der Waals surface area contributed by atoms with E-state index in [9.17, 15) is 4.79 Å². The quantitative estimate of drug-likeness (QED) is 0.492. The van der Waals surface area contributed by atoms with E-state index >= 15 is 0 Å². The van der Waals surface area contributed by atoms with Crippen molar-refractivity contribution >= 4 is 21.8 Å². The molecule has 5 nitrogen and oxygen atoms in total. The van der Waals surface area contributed by atoms with Crippen LogP contribution < -0.4 is 11.3 Å². The molecule has 2 atom stereocenters. The first kappa shape index (κ1) is 16.4. The van der Waals surface area contributed by atoms with Crippen LogP contribution in [0.25, 0.3) is 0 Å². The summed E-state index contributed by atoms with van der Waals surface area (Å²) in [6.45, 7) is 6.83. The van der Waals surface area contributed by atoms with Crippen LogP contribution in [0, 0.1) is 0 Å². The van der Waals surface area contributed by atoms with Crippen LogP contribution in [-0.2, 0) is 11.3 Å². The molecule has 1 aromatic carbocycles. The molecule has 1 aliphatic heterocycles. The van der Waals surface area contributed by atoms with Gasteiger partial charge in [0.25, 0.3) is 5.91 Å². The second-order valence-electron chi connectivity index (χ2n) is 5.42. The van der Waals surface area contributed by atoms with Crippen molar-refractivity contribution in [2.24, 2.45) is 5.84 Å². The fourth-order valence-electron chi connectivity index (χ4n) is 2.60. The monoisotopic (exact) mass is 355 g/mol. The zero-order valence-corrected chi connectivity index (χ0v) is 14.0. The predicted molar refractivity (Wildman–Crippen MR) is 85.7 cm³/mol. The van der Waals surface area contributed by atoms with Gasteiger partial charge in [-0.05, 0) is 31.0 Å². The summed E-state index contributed by atoms with van der Waals surface area (Å²) in [5.41, 5.74) is 3.86. The molecule has 0 spiro atoms. The Morgan fingerprint density at radius 3 is 2.95 bits per heavy atom. The molecule has 1 fully saturated rings. The standard InChI is InChI=1S/C15H22BrN3O2/c1-3-13-9-21-10(2)7-19(13)8-12-5-4-11(6-14(12)16)15(20)18-17/h4-6,10,13H,3,7-9,17H2,1-2H3,(H,18,20). The molecular formula is C15H22BrN3O2. The van der Waals surface area contributed by atoms with Crippen LogP contribution in [0.2, 0.25) is 0 Å². The first-order valence-electron chi connectivity index (χ1n) is 7.20. The molecule has 116 valence electrons. The highest BCUT2D eigenvalue weighted by Gasteiger charge is 2.26. The number of nitrogens with two attached hydrogens (primary N) is 1. The van der Waals surface area contributed by atoms with Crippen molar-refractivity contribution in [3.63, 3.8) is 0 Å². The Labute approximate surface area is 133 Å². The zero-order valence-electron chi connectivity index (χ0n) is 12.4. The maximum Gasteiger partial charge on any atom is 0.265 e. The van der Waals surface area contributed by atoms with Crippen molar-refractivity contribution in [3.8, 4) is 0 Å². The lowest BCUT2D eigenvalue weighted by molar-refractivity contribution is -0.0592. The first-order chi connectivity index (χ1) is 10.0. The average Bonchev–Trinajstić information content (AvgIpc) is 2.48. The molecule has 1 amide bonds. The molecule has 0 radical (unpaired) electrons. The van der Waals surface area contributed by atoms with Crippen molar-refractivity contribution in [1.82, 2.24) is 10.3 Å². The third-order valence-corrected chi connectivity index (χ3v) is 4.61. The number of rotatable bonds is 4. The fourth-order valence-corrected chi connectivity index (χ4v) is 3.11. The van der Waals surface area contributed by atoms with Gasteiger partial charge in [-0.25, -0.2) is 5.84 Å². The summed E-state index contributed by atoms with van der Waals surface area (Å²) in [6.07, 6.45) is 1.33. The van der Waals surface area contributed by atoms with Crippen LogP contribution in [0.4, 0.5) is 0 Å². The largest absolute Gasteiger partial charge is 0.376 e. The number of nitrogens with one attached hydrogen (secondary N) is 1. The van der Waals surface area contributed by atoms with Gasteiger partial charge >= 0.3 is 0 Å². The van der Waals surface area contributed by atoms with Crippen LogP contribution >= 0.6 is 15.9 Å². The van der Waals surface area contributed by atoms with Gasteiger partial charge in [-0.15, -0.1) is 0 Å². The van der Waals surface area contributed by atoms with Crippen LogP contribution in [0.1, 0.15) is 36.2 Å². The number of carbonyl (C=O) groups is 1. The van der Waals surface area contributed by atoms with Gasteiger partial charge in [0.1, 0.15) is 0 Å². The van der Waals surface area contributed by atoms with E-state index in [0.29, 0.717) is 11.6 Å². The number of hydrogen-bond acceptors (Lipinski definition) is 4. The molecule has 1 heterocycles. The number of halogens is 1. The maximum absolute atomic E-state index is 11.5. The number of hydrogen-bond donors (Lipinski definition) is 2. The van der Waals surface area contributed by atoms with Gasteiger partial charge in [0.15, 0.2) is 0 Å². The third kappa shape index (κ3) is 4.03. The summed E-state index contributed by atoms with van der Waals surface area (Å²) in [5, 5.41) is 0. The number of carbonyl (C=O) groups excluding carboxylic acids is 1. The van der Waals surface area contributed by atoms with Gasteiger partial charge in [0.05, 0.1) is 12.7 Å². The van der Waals surface area contributed by atoms with Gasteiger partial charge in [-0.3, -0.25) is 15.1 Å². The van der Waals surface area contributed by atoms with E-state index in [1.807, 2.05) is 12.1 Å². The fraction of sp³-hybridized carbons (Fsp3) is 0.533.